The third-order valence-corrected chi connectivity index (χ3v) is 5.04. The predicted octanol–water partition coefficient (Wildman–Crippen LogP) is 1.92. The van der Waals surface area contributed by atoms with Crippen molar-refractivity contribution in [3.63, 3.8) is 0 Å². The summed E-state index contributed by atoms with van der Waals surface area (Å²) in [6.45, 7) is 1.60. The molecule has 1 saturated heterocycles. The average molecular weight is 396 g/mol. The molecule has 4 rings (SSSR count). The van der Waals surface area contributed by atoms with Crippen molar-refractivity contribution in [2.75, 3.05) is 30.4 Å². The Morgan fingerprint density at radius 2 is 2.00 bits per heavy atom. The number of carbonyl (C=O) groups excluding carboxylic acids is 1. The molecule has 2 aromatic heterocycles. The van der Waals surface area contributed by atoms with Crippen LogP contribution < -0.4 is 20.6 Å². The van der Waals surface area contributed by atoms with Gasteiger partial charge in [-0.25, -0.2) is 18.9 Å². The Kier molecular flexibility index (Phi) is 5.46. The van der Waals surface area contributed by atoms with Crippen molar-refractivity contribution < 1.29 is 9.53 Å². The van der Waals surface area contributed by atoms with E-state index in [-0.39, 0.29) is 18.1 Å². The van der Waals surface area contributed by atoms with Gasteiger partial charge in [0.2, 0.25) is 11.6 Å². The summed E-state index contributed by atoms with van der Waals surface area (Å²) in [7, 11) is 1.56. The summed E-state index contributed by atoms with van der Waals surface area (Å²) in [6.07, 6.45) is 7.78. The Bertz CT molecular complexity index is 1070. The van der Waals surface area contributed by atoms with Crippen molar-refractivity contribution in [3.8, 4) is 5.75 Å². The number of ether oxygens (including phenoxy) is 1. The van der Waals surface area contributed by atoms with Gasteiger partial charge >= 0.3 is 5.69 Å². The van der Waals surface area contributed by atoms with Crippen molar-refractivity contribution in [1.82, 2.24) is 19.2 Å². The number of carbonyl (C=O) groups is 1. The molecule has 1 aliphatic heterocycles. The molecule has 9 nitrogen and oxygen atoms in total. The maximum atomic E-state index is 12.7. The number of methoxy groups -OCH3 is 1. The van der Waals surface area contributed by atoms with Gasteiger partial charge in [0.15, 0.2) is 5.82 Å². The fraction of sp³-hybridized carbons (Fsp3) is 0.400. The topological polar surface area (TPSA) is 93.8 Å². The number of nitrogens with zero attached hydrogens (tertiary/aromatic N) is 5. The van der Waals surface area contributed by atoms with Crippen LogP contribution in [0.3, 0.4) is 0 Å². The standard InChI is InChI=1S/C20H24N6O3/c1-29-16-8-6-7-15(13-16)22-17(27)14-26-20(28)25-12-9-21-18(19(25)23-26)24-10-4-2-3-5-11-24/h6-9,12-13H,2-5,10-11,14H2,1H3,(H,22,27). The molecule has 0 atom stereocenters. The molecule has 1 amide bonds. The first-order valence-electron chi connectivity index (χ1n) is 9.79. The summed E-state index contributed by atoms with van der Waals surface area (Å²) in [5, 5.41) is 7.18. The minimum absolute atomic E-state index is 0.183. The van der Waals surface area contributed by atoms with E-state index >= 15 is 0 Å². The first-order chi connectivity index (χ1) is 14.2. The van der Waals surface area contributed by atoms with Gasteiger partial charge in [0.1, 0.15) is 12.3 Å². The highest BCUT2D eigenvalue weighted by Crippen LogP contribution is 2.20. The number of nitrogens with one attached hydrogen (secondary N) is 1. The Hall–Kier alpha value is -3.36. The van der Waals surface area contributed by atoms with E-state index in [0.717, 1.165) is 25.9 Å². The number of benzene rings is 1. The molecule has 1 fully saturated rings. The first-order valence-corrected chi connectivity index (χ1v) is 9.79. The fourth-order valence-corrected chi connectivity index (χ4v) is 3.58. The van der Waals surface area contributed by atoms with Crippen molar-refractivity contribution in [1.29, 1.82) is 0 Å². The molecule has 0 bridgehead atoms. The molecule has 0 saturated carbocycles. The summed E-state index contributed by atoms with van der Waals surface area (Å²) in [6, 6.07) is 7.05. The Labute approximate surface area is 167 Å². The van der Waals surface area contributed by atoms with Crippen LogP contribution in [0.15, 0.2) is 41.5 Å². The van der Waals surface area contributed by atoms with Gasteiger partial charge in [-0.15, -0.1) is 5.10 Å². The first kappa shape index (κ1) is 19.0. The Morgan fingerprint density at radius 3 is 2.76 bits per heavy atom. The largest absolute Gasteiger partial charge is 0.497 e. The van der Waals surface area contributed by atoms with Gasteiger partial charge in [-0.2, -0.15) is 0 Å². The summed E-state index contributed by atoms with van der Waals surface area (Å²) in [5.41, 5.74) is 0.714. The molecule has 3 heterocycles. The normalized spacial score (nSPS) is 14.6. The van der Waals surface area contributed by atoms with E-state index in [1.165, 1.54) is 21.9 Å². The zero-order chi connectivity index (χ0) is 20.2. The molecule has 1 aromatic carbocycles. The Balaban J connectivity index is 1.57. The lowest BCUT2D eigenvalue weighted by Gasteiger charge is -2.20. The average Bonchev–Trinajstić information content (AvgIpc) is 2.90. The SMILES string of the molecule is COc1cccc(NC(=O)Cn2nc3c(N4CCCCCC4)nccn3c2=O)c1. The molecule has 0 radical (unpaired) electrons. The maximum absolute atomic E-state index is 12.7. The van der Waals surface area contributed by atoms with E-state index in [2.05, 4.69) is 20.3 Å². The van der Waals surface area contributed by atoms with Crippen molar-refractivity contribution in [2.45, 2.75) is 32.2 Å². The number of aromatic nitrogens is 4. The number of fused-ring (bicyclic) bond motifs is 1. The quantitative estimate of drug-likeness (QED) is 0.708. The van der Waals surface area contributed by atoms with E-state index in [1.807, 2.05) is 0 Å². The second-order valence-electron chi connectivity index (χ2n) is 7.07. The van der Waals surface area contributed by atoms with Crippen molar-refractivity contribution in [3.05, 3.63) is 47.1 Å². The number of hydrogen-bond donors (Lipinski definition) is 1. The van der Waals surface area contributed by atoms with Crippen LogP contribution >= 0.6 is 0 Å². The zero-order valence-electron chi connectivity index (χ0n) is 16.4. The van der Waals surface area contributed by atoms with Gasteiger partial charge in [-0.05, 0) is 25.0 Å². The molecule has 29 heavy (non-hydrogen) atoms. The molecule has 152 valence electrons. The number of amides is 1. The minimum Gasteiger partial charge on any atom is -0.497 e. The minimum atomic E-state index is -0.362. The molecule has 0 spiro atoms. The zero-order valence-corrected chi connectivity index (χ0v) is 16.4. The van der Waals surface area contributed by atoms with Crippen LogP contribution in [-0.4, -0.2) is 45.3 Å². The molecule has 1 aliphatic rings. The molecule has 3 aromatic rings. The van der Waals surface area contributed by atoms with Crippen molar-refractivity contribution in [2.24, 2.45) is 0 Å². The molecule has 0 aliphatic carbocycles. The molecular weight excluding hydrogens is 372 g/mol. The summed E-state index contributed by atoms with van der Waals surface area (Å²) >= 11 is 0. The third kappa shape index (κ3) is 4.08. The number of anilines is 2. The monoisotopic (exact) mass is 396 g/mol. The van der Waals surface area contributed by atoms with Crippen LogP contribution in [0.25, 0.3) is 5.65 Å². The second-order valence-corrected chi connectivity index (χ2v) is 7.07. The molecule has 1 N–H and O–H groups in total. The van der Waals surface area contributed by atoms with Gasteiger partial charge in [-0.1, -0.05) is 18.9 Å². The van der Waals surface area contributed by atoms with Gasteiger partial charge in [0.25, 0.3) is 0 Å². The fourth-order valence-electron chi connectivity index (χ4n) is 3.58. The highest BCUT2D eigenvalue weighted by molar-refractivity contribution is 5.90. The number of rotatable bonds is 5. The van der Waals surface area contributed by atoms with E-state index in [9.17, 15) is 9.59 Å². The predicted molar refractivity (Wildman–Crippen MR) is 110 cm³/mol. The van der Waals surface area contributed by atoms with Crippen LogP contribution in [-0.2, 0) is 11.3 Å². The smallest absolute Gasteiger partial charge is 0.350 e. The van der Waals surface area contributed by atoms with Crippen molar-refractivity contribution >= 4 is 23.1 Å². The van der Waals surface area contributed by atoms with Gasteiger partial charge in [0, 0.05) is 37.2 Å². The van der Waals surface area contributed by atoms with E-state index in [0.29, 0.717) is 22.9 Å². The summed E-state index contributed by atoms with van der Waals surface area (Å²) in [5.74, 6) is 0.993. The lowest BCUT2D eigenvalue weighted by Crippen LogP contribution is -2.28. The highest BCUT2D eigenvalue weighted by Gasteiger charge is 2.19. The molecular formula is C20H24N6O3. The second kappa shape index (κ2) is 8.34. The molecule has 0 unspecified atom stereocenters. The van der Waals surface area contributed by atoms with Gasteiger partial charge in [0.05, 0.1) is 7.11 Å². The van der Waals surface area contributed by atoms with Crippen LogP contribution in [0, 0.1) is 0 Å². The lowest BCUT2D eigenvalue weighted by atomic mass is 10.2. The summed E-state index contributed by atoms with van der Waals surface area (Å²) in [4.78, 5) is 31.8. The van der Waals surface area contributed by atoms with Crippen LogP contribution in [0.4, 0.5) is 11.5 Å². The summed E-state index contributed by atoms with van der Waals surface area (Å²) < 4.78 is 7.78. The maximum Gasteiger partial charge on any atom is 0.350 e. The lowest BCUT2D eigenvalue weighted by molar-refractivity contribution is -0.117. The van der Waals surface area contributed by atoms with E-state index in [4.69, 9.17) is 4.74 Å². The van der Waals surface area contributed by atoms with Crippen LogP contribution in [0.2, 0.25) is 0 Å². The Morgan fingerprint density at radius 1 is 1.21 bits per heavy atom. The van der Waals surface area contributed by atoms with Gasteiger partial charge < -0.3 is 15.0 Å². The van der Waals surface area contributed by atoms with Crippen LogP contribution in [0.1, 0.15) is 25.7 Å². The van der Waals surface area contributed by atoms with E-state index < -0.39 is 0 Å². The number of hydrogen-bond acceptors (Lipinski definition) is 6. The van der Waals surface area contributed by atoms with E-state index in [1.54, 1.807) is 43.8 Å². The van der Waals surface area contributed by atoms with Crippen LogP contribution in [0.5, 0.6) is 5.75 Å². The van der Waals surface area contributed by atoms with Gasteiger partial charge in [-0.3, -0.25) is 4.79 Å². The third-order valence-electron chi connectivity index (χ3n) is 5.04. The molecule has 9 heteroatoms. The highest BCUT2D eigenvalue weighted by atomic mass is 16.5.